The molecule has 0 fully saturated rings. The van der Waals surface area contributed by atoms with Gasteiger partial charge in [0.15, 0.2) is 0 Å². The van der Waals surface area contributed by atoms with Crippen molar-refractivity contribution in [3.8, 4) is 0 Å². The van der Waals surface area contributed by atoms with Crippen LogP contribution in [0.4, 0.5) is 0 Å². The third-order valence-corrected chi connectivity index (χ3v) is 2.54. The molecule has 1 heterocycles. The number of ether oxygens (including phenoxy) is 1. The van der Waals surface area contributed by atoms with E-state index in [1.54, 1.807) is 10.9 Å². The van der Waals surface area contributed by atoms with Crippen LogP contribution >= 0.6 is 0 Å². The Labute approximate surface area is 102 Å². The monoisotopic (exact) mass is 239 g/mol. The minimum absolute atomic E-state index is 0.0693. The average Bonchev–Trinajstić information content (AvgIpc) is 2.59. The Balaban J connectivity index is 2.28. The minimum Gasteiger partial charge on any atom is -0.379 e. The van der Waals surface area contributed by atoms with Crippen LogP contribution in [0.25, 0.3) is 0 Å². The lowest BCUT2D eigenvalue weighted by Crippen LogP contribution is -2.26. The molecule has 0 unspecified atom stereocenters. The second kappa shape index (κ2) is 6.39. The van der Waals surface area contributed by atoms with E-state index in [1.807, 2.05) is 27.8 Å². The largest absolute Gasteiger partial charge is 0.379 e. The van der Waals surface area contributed by atoms with Crippen LogP contribution in [0.2, 0.25) is 0 Å². The van der Waals surface area contributed by atoms with Gasteiger partial charge in [0.2, 0.25) is 0 Å². The van der Waals surface area contributed by atoms with Gasteiger partial charge in [-0.2, -0.15) is 5.10 Å². The summed E-state index contributed by atoms with van der Waals surface area (Å²) in [5.41, 5.74) is 1.51. The summed E-state index contributed by atoms with van der Waals surface area (Å²) in [5, 5.41) is 6.89. The van der Waals surface area contributed by atoms with Crippen LogP contribution in [-0.2, 0) is 11.8 Å². The van der Waals surface area contributed by atoms with Gasteiger partial charge in [-0.05, 0) is 27.2 Å². The number of hydrogen-bond donors (Lipinski definition) is 1. The molecule has 0 aliphatic heterocycles. The molecule has 1 aromatic rings. The fraction of sp³-hybridized carbons (Fsp3) is 0.667. The molecule has 1 aromatic heterocycles. The van der Waals surface area contributed by atoms with Gasteiger partial charge < -0.3 is 10.1 Å². The second-order valence-corrected chi connectivity index (χ2v) is 4.30. The summed E-state index contributed by atoms with van der Waals surface area (Å²) in [6.07, 6.45) is 2.66. The summed E-state index contributed by atoms with van der Waals surface area (Å²) in [7, 11) is 1.82. The van der Waals surface area contributed by atoms with E-state index in [4.69, 9.17) is 4.74 Å². The molecule has 0 spiro atoms. The molecule has 0 aromatic carbocycles. The first-order valence-electron chi connectivity index (χ1n) is 5.90. The molecule has 5 nitrogen and oxygen atoms in total. The normalized spacial score (nSPS) is 10.9. The SMILES string of the molecule is Cc1c(C(=O)NCCCOC(C)C)cnn1C. The van der Waals surface area contributed by atoms with Gasteiger partial charge in [0.25, 0.3) is 5.91 Å². The van der Waals surface area contributed by atoms with Gasteiger partial charge >= 0.3 is 0 Å². The third kappa shape index (κ3) is 4.19. The lowest BCUT2D eigenvalue weighted by molar-refractivity contribution is 0.0757. The molecule has 96 valence electrons. The Morgan fingerprint density at radius 1 is 1.59 bits per heavy atom. The molecule has 0 saturated carbocycles. The summed E-state index contributed by atoms with van der Waals surface area (Å²) in [6.45, 7) is 7.17. The fourth-order valence-corrected chi connectivity index (χ4v) is 1.41. The molecule has 0 aliphatic carbocycles. The van der Waals surface area contributed by atoms with Gasteiger partial charge in [-0.25, -0.2) is 0 Å². The van der Waals surface area contributed by atoms with Crippen molar-refractivity contribution in [2.45, 2.75) is 33.3 Å². The predicted octanol–water partition coefficient (Wildman–Crippen LogP) is 1.27. The summed E-state index contributed by atoms with van der Waals surface area (Å²) >= 11 is 0. The summed E-state index contributed by atoms with van der Waals surface area (Å²) in [4.78, 5) is 11.8. The van der Waals surface area contributed by atoms with E-state index in [1.165, 1.54) is 0 Å². The van der Waals surface area contributed by atoms with Crippen LogP contribution in [0, 0.1) is 6.92 Å². The molecule has 0 atom stereocenters. The van der Waals surface area contributed by atoms with Crippen molar-refractivity contribution in [1.82, 2.24) is 15.1 Å². The van der Waals surface area contributed by atoms with Crippen LogP contribution in [0.1, 0.15) is 36.3 Å². The smallest absolute Gasteiger partial charge is 0.254 e. The lowest BCUT2D eigenvalue weighted by Gasteiger charge is -2.08. The van der Waals surface area contributed by atoms with Gasteiger partial charge in [-0.1, -0.05) is 0 Å². The molecule has 5 heteroatoms. The Kier molecular flexibility index (Phi) is 5.15. The molecule has 1 amide bonds. The van der Waals surface area contributed by atoms with E-state index < -0.39 is 0 Å². The summed E-state index contributed by atoms with van der Waals surface area (Å²) in [5.74, 6) is -0.0693. The number of rotatable bonds is 6. The first-order valence-corrected chi connectivity index (χ1v) is 5.90. The Morgan fingerprint density at radius 3 is 2.82 bits per heavy atom. The highest BCUT2D eigenvalue weighted by Crippen LogP contribution is 2.04. The van der Waals surface area contributed by atoms with E-state index in [2.05, 4.69) is 10.4 Å². The summed E-state index contributed by atoms with van der Waals surface area (Å²) < 4.78 is 7.08. The van der Waals surface area contributed by atoms with Crippen LogP contribution in [0.5, 0.6) is 0 Å². The number of aromatic nitrogens is 2. The molecule has 17 heavy (non-hydrogen) atoms. The number of carbonyl (C=O) groups excluding carboxylic acids is 1. The Hall–Kier alpha value is -1.36. The first-order chi connectivity index (χ1) is 8.02. The van der Waals surface area contributed by atoms with Crippen molar-refractivity contribution in [3.63, 3.8) is 0 Å². The van der Waals surface area contributed by atoms with E-state index in [9.17, 15) is 4.79 Å². The van der Waals surface area contributed by atoms with E-state index in [0.717, 1.165) is 12.1 Å². The molecule has 0 bridgehead atoms. The Morgan fingerprint density at radius 2 is 2.29 bits per heavy atom. The molecule has 0 saturated heterocycles. The van der Waals surface area contributed by atoms with Gasteiger partial charge in [-0.3, -0.25) is 9.48 Å². The number of hydrogen-bond acceptors (Lipinski definition) is 3. The van der Waals surface area contributed by atoms with Gasteiger partial charge in [0.1, 0.15) is 0 Å². The maximum atomic E-state index is 11.8. The number of nitrogens with one attached hydrogen (secondary N) is 1. The molecule has 1 N–H and O–H groups in total. The van der Waals surface area contributed by atoms with Gasteiger partial charge in [0, 0.05) is 25.9 Å². The zero-order valence-electron chi connectivity index (χ0n) is 11.0. The average molecular weight is 239 g/mol. The highest BCUT2D eigenvalue weighted by molar-refractivity contribution is 5.94. The fourth-order valence-electron chi connectivity index (χ4n) is 1.41. The van der Waals surface area contributed by atoms with Crippen molar-refractivity contribution in [1.29, 1.82) is 0 Å². The predicted molar refractivity (Wildman–Crippen MR) is 66.0 cm³/mol. The van der Waals surface area contributed by atoms with Crippen molar-refractivity contribution >= 4 is 5.91 Å². The minimum atomic E-state index is -0.0693. The van der Waals surface area contributed by atoms with Crippen LogP contribution in [-0.4, -0.2) is 34.9 Å². The lowest BCUT2D eigenvalue weighted by atomic mass is 10.2. The zero-order chi connectivity index (χ0) is 12.8. The number of carbonyl (C=O) groups is 1. The van der Waals surface area contributed by atoms with Crippen molar-refractivity contribution in [3.05, 3.63) is 17.5 Å². The number of aryl methyl sites for hydroxylation is 1. The van der Waals surface area contributed by atoms with Crippen LogP contribution in [0.15, 0.2) is 6.20 Å². The maximum Gasteiger partial charge on any atom is 0.254 e. The number of amides is 1. The molecular formula is C12H21N3O2. The quantitative estimate of drug-likeness (QED) is 0.761. The summed E-state index contributed by atoms with van der Waals surface area (Å²) in [6, 6.07) is 0. The van der Waals surface area contributed by atoms with Gasteiger partial charge in [0.05, 0.1) is 17.9 Å². The van der Waals surface area contributed by atoms with Crippen LogP contribution < -0.4 is 5.32 Å². The third-order valence-electron chi connectivity index (χ3n) is 2.54. The molecule has 1 rings (SSSR count). The number of nitrogens with zero attached hydrogens (tertiary/aromatic N) is 2. The van der Waals surface area contributed by atoms with Crippen molar-refractivity contribution < 1.29 is 9.53 Å². The standard InChI is InChI=1S/C12H21N3O2/c1-9(2)17-7-5-6-13-12(16)11-8-14-15(4)10(11)3/h8-9H,5-7H2,1-4H3,(H,13,16). The first kappa shape index (κ1) is 13.7. The van der Waals surface area contributed by atoms with Gasteiger partial charge in [-0.15, -0.1) is 0 Å². The topological polar surface area (TPSA) is 56.1 Å². The molecule has 0 aliphatic rings. The zero-order valence-corrected chi connectivity index (χ0v) is 11.0. The van der Waals surface area contributed by atoms with E-state index >= 15 is 0 Å². The van der Waals surface area contributed by atoms with E-state index in [-0.39, 0.29) is 12.0 Å². The van der Waals surface area contributed by atoms with Crippen LogP contribution in [0.3, 0.4) is 0 Å². The second-order valence-electron chi connectivity index (χ2n) is 4.30. The Bertz CT molecular complexity index is 372. The van der Waals surface area contributed by atoms with Crippen molar-refractivity contribution in [2.75, 3.05) is 13.2 Å². The highest BCUT2D eigenvalue weighted by Gasteiger charge is 2.11. The van der Waals surface area contributed by atoms with Crippen molar-refractivity contribution in [2.24, 2.45) is 7.05 Å². The maximum absolute atomic E-state index is 11.8. The molecular weight excluding hydrogens is 218 g/mol. The highest BCUT2D eigenvalue weighted by atomic mass is 16.5. The molecule has 0 radical (unpaired) electrons. The van der Waals surface area contributed by atoms with E-state index in [0.29, 0.717) is 18.7 Å².